The second-order valence-corrected chi connectivity index (χ2v) is 7.67. The third-order valence-corrected chi connectivity index (χ3v) is 5.25. The summed E-state index contributed by atoms with van der Waals surface area (Å²) in [5, 5.41) is 5.40. The van der Waals surface area contributed by atoms with Crippen LogP contribution >= 0.6 is 0 Å². The van der Waals surface area contributed by atoms with E-state index in [-0.39, 0.29) is 11.3 Å². The smallest absolute Gasteiger partial charge is 0.225 e. The van der Waals surface area contributed by atoms with Crippen LogP contribution < -0.4 is 5.32 Å². The van der Waals surface area contributed by atoms with Crippen LogP contribution in [0.1, 0.15) is 25.8 Å². The fraction of sp³-hybridized carbons (Fsp3) is 0.182. The molecule has 0 aliphatic carbocycles. The van der Waals surface area contributed by atoms with Gasteiger partial charge in [0.2, 0.25) is 5.91 Å². The molecule has 1 aliphatic heterocycles. The van der Waals surface area contributed by atoms with Gasteiger partial charge in [-0.1, -0.05) is 50.2 Å². The fourth-order valence-corrected chi connectivity index (χ4v) is 3.88. The van der Waals surface area contributed by atoms with Crippen molar-refractivity contribution < 1.29 is 4.79 Å². The summed E-state index contributed by atoms with van der Waals surface area (Å²) in [6, 6.07) is 18.8. The van der Waals surface area contributed by atoms with E-state index in [0.29, 0.717) is 6.42 Å². The molecule has 2 N–H and O–H groups in total. The Kier molecular flexibility index (Phi) is 3.02. The Morgan fingerprint density at radius 2 is 1.81 bits per heavy atom. The number of nitrogens with one attached hydrogen (secondary N) is 2. The molecule has 0 saturated carbocycles. The summed E-state index contributed by atoms with van der Waals surface area (Å²) >= 11 is 0. The number of benzene rings is 3. The highest BCUT2D eigenvalue weighted by molar-refractivity contribution is 5.98. The molecule has 2 heterocycles. The molecule has 128 valence electrons. The predicted molar refractivity (Wildman–Crippen MR) is 105 cm³/mol. The molecule has 4 aromatic rings. The van der Waals surface area contributed by atoms with E-state index in [0.717, 1.165) is 33.7 Å². The second kappa shape index (κ2) is 5.18. The zero-order chi connectivity index (χ0) is 17.9. The van der Waals surface area contributed by atoms with Crippen molar-refractivity contribution in [3.05, 3.63) is 60.2 Å². The highest BCUT2D eigenvalue weighted by atomic mass is 16.1. The average Bonchev–Trinajstić information content (AvgIpc) is 3.02. The number of rotatable bonds is 1. The molecule has 1 amide bonds. The molecule has 0 atom stereocenters. The number of fused-ring (bicyclic) bond motifs is 3. The minimum Gasteiger partial charge on any atom is -0.338 e. The summed E-state index contributed by atoms with van der Waals surface area (Å²) in [6.45, 7) is 4.22. The molecular formula is C22H19N3O. The molecule has 0 saturated heterocycles. The van der Waals surface area contributed by atoms with Gasteiger partial charge < -0.3 is 10.3 Å². The summed E-state index contributed by atoms with van der Waals surface area (Å²) in [7, 11) is 0. The summed E-state index contributed by atoms with van der Waals surface area (Å²) in [5.74, 6) is 0.907. The maximum atomic E-state index is 12.0. The SMILES string of the molecule is CC1(C)CC(=O)Nc2cc3nc(-c4ccc5ccccc5c4)[nH]c3cc21. The van der Waals surface area contributed by atoms with Crippen molar-refractivity contribution in [1.29, 1.82) is 0 Å². The number of imidazole rings is 1. The number of anilines is 1. The van der Waals surface area contributed by atoms with Crippen LogP contribution in [0.5, 0.6) is 0 Å². The topological polar surface area (TPSA) is 57.8 Å². The van der Waals surface area contributed by atoms with E-state index in [2.05, 4.69) is 60.5 Å². The van der Waals surface area contributed by atoms with Gasteiger partial charge in [-0.2, -0.15) is 0 Å². The standard InChI is InChI=1S/C22H19N3O/c1-22(2)12-20(26)23-17-11-19-18(10-16(17)22)24-21(25-19)15-8-7-13-5-3-4-6-14(13)9-15/h3-11H,12H2,1-2H3,(H,23,26)(H,24,25). The third-order valence-electron chi connectivity index (χ3n) is 5.25. The molecule has 5 rings (SSSR count). The van der Waals surface area contributed by atoms with Crippen LogP contribution in [0.4, 0.5) is 5.69 Å². The Morgan fingerprint density at radius 3 is 2.65 bits per heavy atom. The van der Waals surface area contributed by atoms with Crippen molar-refractivity contribution in [2.75, 3.05) is 5.32 Å². The molecule has 3 aromatic carbocycles. The van der Waals surface area contributed by atoms with Gasteiger partial charge in [-0.05, 0) is 34.5 Å². The van der Waals surface area contributed by atoms with Crippen molar-refractivity contribution >= 4 is 33.4 Å². The molecule has 0 radical (unpaired) electrons. The lowest BCUT2D eigenvalue weighted by molar-refractivity contribution is -0.117. The van der Waals surface area contributed by atoms with Crippen LogP contribution in [0.25, 0.3) is 33.2 Å². The molecule has 0 fully saturated rings. The van der Waals surface area contributed by atoms with Crippen LogP contribution in [-0.4, -0.2) is 15.9 Å². The maximum absolute atomic E-state index is 12.0. The minimum absolute atomic E-state index is 0.0622. The van der Waals surface area contributed by atoms with E-state index in [1.807, 2.05) is 18.2 Å². The van der Waals surface area contributed by atoms with E-state index in [1.54, 1.807) is 0 Å². The number of carbonyl (C=O) groups excluding carboxylic acids is 1. The number of hydrogen-bond acceptors (Lipinski definition) is 2. The number of amides is 1. The van der Waals surface area contributed by atoms with E-state index in [4.69, 9.17) is 4.98 Å². The molecule has 1 aliphatic rings. The highest BCUT2D eigenvalue weighted by Gasteiger charge is 2.32. The normalized spacial score (nSPS) is 15.8. The molecule has 0 spiro atoms. The number of aromatic amines is 1. The van der Waals surface area contributed by atoms with Crippen LogP contribution in [0, 0.1) is 0 Å². The fourth-order valence-electron chi connectivity index (χ4n) is 3.88. The molecule has 4 heteroatoms. The monoisotopic (exact) mass is 341 g/mol. The highest BCUT2D eigenvalue weighted by Crippen LogP contribution is 2.39. The number of nitrogens with zero attached hydrogens (tertiary/aromatic N) is 1. The van der Waals surface area contributed by atoms with E-state index in [9.17, 15) is 4.79 Å². The first-order valence-electron chi connectivity index (χ1n) is 8.83. The minimum atomic E-state index is -0.180. The lowest BCUT2D eigenvalue weighted by Crippen LogP contribution is -2.32. The first-order valence-corrected chi connectivity index (χ1v) is 8.83. The zero-order valence-corrected chi connectivity index (χ0v) is 14.8. The molecular weight excluding hydrogens is 322 g/mol. The summed E-state index contributed by atoms with van der Waals surface area (Å²) in [5.41, 5.74) is 4.76. The molecule has 1 aromatic heterocycles. The second-order valence-electron chi connectivity index (χ2n) is 7.67. The summed E-state index contributed by atoms with van der Waals surface area (Å²) in [6.07, 6.45) is 0.497. The van der Waals surface area contributed by atoms with E-state index < -0.39 is 0 Å². The van der Waals surface area contributed by atoms with Gasteiger partial charge in [0, 0.05) is 23.1 Å². The van der Waals surface area contributed by atoms with Crippen LogP contribution in [0.3, 0.4) is 0 Å². The Bertz CT molecular complexity index is 1190. The number of aromatic nitrogens is 2. The molecule has 0 bridgehead atoms. The quantitative estimate of drug-likeness (QED) is 0.512. The van der Waals surface area contributed by atoms with Crippen molar-refractivity contribution in [1.82, 2.24) is 9.97 Å². The van der Waals surface area contributed by atoms with Gasteiger partial charge >= 0.3 is 0 Å². The molecule has 26 heavy (non-hydrogen) atoms. The van der Waals surface area contributed by atoms with Gasteiger partial charge in [0.05, 0.1) is 11.0 Å². The first-order chi connectivity index (χ1) is 12.5. The van der Waals surface area contributed by atoms with Crippen molar-refractivity contribution in [3.8, 4) is 11.4 Å². The average molecular weight is 341 g/mol. The Hall–Kier alpha value is -3.14. The van der Waals surface area contributed by atoms with Crippen LogP contribution in [0.2, 0.25) is 0 Å². The van der Waals surface area contributed by atoms with E-state index >= 15 is 0 Å². The number of H-pyrrole nitrogens is 1. The zero-order valence-electron chi connectivity index (χ0n) is 14.8. The predicted octanol–water partition coefficient (Wildman–Crippen LogP) is 5.00. The van der Waals surface area contributed by atoms with Crippen molar-refractivity contribution in [2.24, 2.45) is 0 Å². The summed E-state index contributed by atoms with van der Waals surface area (Å²) < 4.78 is 0. The first kappa shape index (κ1) is 15.1. The number of hydrogen-bond donors (Lipinski definition) is 2. The lowest BCUT2D eigenvalue weighted by atomic mass is 9.78. The largest absolute Gasteiger partial charge is 0.338 e. The van der Waals surface area contributed by atoms with Gasteiger partial charge in [-0.15, -0.1) is 0 Å². The van der Waals surface area contributed by atoms with Gasteiger partial charge in [-0.25, -0.2) is 4.98 Å². The van der Waals surface area contributed by atoms with Gasteiger partial charge in [-0.3, -0.25) is 4.79 Å². The molecule has 0 unspecified atom stereocenters. The maximum Gasteiger partial charge on any atom is 0.225 e. The third kappa shape index (κ3) is 2.30. The van der Waals surface area contributed by atoms with E-state index in [1.165, 1.54) is 10.8 Å². The summed E-state index contributed by atoms with van der Waals surface area (Å²) in [4.78, 5) is 20.2. The Morgan fingerprint density at radius 1 is 1.00 bits per heavy atom. The van der Waals surface area contributed by atoms with Gasteiger partial charge in [0.15, 0.2) is 0 Å². The van der Waals surface area contributed by atoms with Crippen LogP contribution in [-0.2, 0) is 10.2 Å². The van der Waals surface area contributed by atoms with Crippen LogP contribution in [0.15, 0.2) is 54.6 Å². The Balaban J connectivity index is 1.67. The van der Waals surface area contributed by atoms with Crippen molar-refractivity contribution in [2.45, 2.75) is 25.7 Å². The lowest BCUT2D eigenvalue weighted by Gasteiger charge is -2.31. The van der Waals surface area contributed by atoms with Gasteiger partial charge in [0.1, 0.15) is 5.82 Å². The van der Waals surface area contributed by atoms with Gasteiger partial charge in [0.25, 0.3) is 0 Å². The van der Waals surface area contributed by atoms with Crippen molar-refractivity contribution in [3.63, 3.8) is 0 Å². The number of carbonyl (C=O) groups is 1. The Labute approximate surface area is 151 Å². The molecule has 4 nitrogen and oxygen atoms in total.